The molecule has 1 N–H and O–H groups in total. The molecule has 1 aromatic carbocycles. The van der Waals surface area contributed by atoms with Crippen molar-refractivity contribution in [2.24, 2.45) is 0 Å². The van der Waals surface area contributed by atoms with Crippen molar-refractivity contribution in [2.75, 3.05) is 19.0 Å². The highest BCUT2D eigenvalue weighted by molar-refractivity contribution is 5.73. The first kappa shape index (κ1) is 14.7. The zero-order valence-corrected chi connectivity index (χ0v) is 10.9. The molecule has 0 aliphatic carbocycles. The van der Waals surface area contributed by atoms with Crippen LogP contribution in [0.25, 0.3) is 6.08 Å². The fourth-order valence-electron chi connectivity index (χ4n) is 1.53. The predicted molar refractivity (Wildman–Crippen MR) is 72.9 cm³/mol. The molecule has 0 saturated heterocycles. The zero-order valence-electron chi connectivity index (χ0n) is 10.9. The standard InChI is InChI=1S/C13H16N2O4/c1-3-19-13(16)6-4-5-10-7-8-11(14-2)12(9-10)15(17)18/h4-5,7-9,14H,3,6H2,1-2H3. The normalized spacial score (nSPS) is 10.4. The average Bonchev–Trinajstić information content (AvgIpc) is 2.38. The number of nitro groups is 1. The van der Waals surface area contributed by atoms with E-state index < -0.39 is 4.92 Å². The fraction of sp³-hybridized carbons (Fsp3) is 0.308. The van der Waals surface area contributed by atoms with Gasteiger partial charge in [0, 0.05) is 13.1 Å². The third kappa shape index (κ3) is 4.42. The van der Waals surface area contributed by atoms with Crippen LogP contribution in [0.5, 0.6) is 0 Å². The van der Waals surface area contributed by atoms with Gasteiger partial charge >= 0.3 is 5.97 Å². The van der Waals surface area contributed by atoms with Crippen molar-refractivity contribution in [1.82, 2.24) is 0 Å². The molecule has 1 aromatic rings. The molecule has 0 unspecified atom stereocenters. The number of esters is 1. The second-order valence-corrected chi connectivity index (χ2v) is 3.70. The van der Waals surface area contributed by atoms with E-state index in [9.17, 15) is 14.9 Å². The van der Waals surface area contributed by atoms with Crippen molar-refractivity contribution in [2.45, 2.75) is 13.3 Å². The Bertz CT molecular complexity index is 497. The number of anilines is 1. The minimum Gasteiger partial charge on any atom is -0.466 e. The molecular weight excluding hydrogens is 248 g/mol. The second kappa shape index (κ2) is 7.15. The number of rotatable bonds is 6. The minimum absolute atomic E-state index is 0.000727. The van der Waals surface area contributed by atoms with Gasteiger partial charge in [0.05, 0.1) is 18.0 Å². The molecule has 0 saturated carbocycles. The molecule has 0 radical (unpaired) electrons. The maximum absolute atomic E-state index is 11.1. The highest BCUT2D eigenvalue weighted by Crippen LogP contribution is 2.25. The van der Waals surface area contributed by atoms with Crippen LogP contribution < -0.4 is 5.32 Å². The van der Waals surface area contributed by atoms with Gasteiger partial charge in [0.1, 0.15) is 5.69 Å². The monoisotopic (exact) mass is 264 g/mol. The Kier molecular flexibility index (Phi) is 5.53. The lowest BCUT2D eigenvalue weighted by atomic mass is 10.1. The number of nitrogens with one attached hydrogen (secondary N) is 1. The van der Waals surface area contributed by atoms with Crippen molar-refractivity contribution in [1.29, 1.82) is 0 Å². The number of hydrogen-bond donors (Lipinski definition) is 1. The lowest BCUT2D eigenvalue weighted by molar-refractivity contribution is -0.383. The molecule has 19 heavy (non-hydrogen) atoms. The van der Waals surface area contributed by atoms with Gasteiger partial charge in [-0.1, -0.05) is 18.2 Å². The number of benzene rings is 1. The summed E-state index contributed by atoms with van der Waals surface area (Å²) in [6.07, 6.45) is 3.43. The van der Waals surface area contributed by atoms with Gasteiger partial charge < -0.3 is 10.1 Å². The zero-order chi connectivity index (χ0) is 14.3. The fourth-order valence-corrected chi connectivity index (χ4v) is 1.53. The van der Waals surface area contributed by atoms with Gasteiger partial charge in [0.25, 0.3) is 5.69 Å². The first-order valence-corrected chi connectivity index (χ1v) is 5.86. The highest BCUT2D eigenvalue weighted by Gasteiger charge is 2.12. The Labute approximate surface area is 111 Å². The quantitative estimate of drug-likeness (QED) is 0.485. The van der Waals surface area contributed by atoms with Gasteiger partial charge in [-0.05, 0) is 18.6 Å². The van der Waals surface area contributed by atoms with Gasteiger partial charge in [0.2, 0.25) is 0 Å². The van der Waals surface area contributed by atoms with Crippen molar-refractivity contribution in [3.8, 4) is 0 Å². The largest absolute Gasteiger partial charge is 0.466 e. The second-order valence-electron chi connectivity index (χ2n) is 3.70. The lowest BCUT2D eigenvalue weighted by Crippen LogP contribution is -2.01. The first-order valence-electron chi connectivity index (χ1n) is 5.86. The van der Waals surface area contributed by atoms with E-state index in [4.69, 9.17) is 4.74 Å². The summed E-state index contributed by atoms with van der Waals surface area (Å²) in [7, 11) is 1.62. The molecule has 102 valence electrons. The summed E-state index contributed by atoms with van der Waals surface area (Å²) in [5.74, 6) is -0.319. The van der Waals surface area contributed by atoms with Crippen molar-refractivity contribution < 1.29 is 14.5 Å². The van der Waals surface area contributed by atoms with Gasteiger partial charge in [-0.15, -0.1) is 0 Å². The van der Waals surface area contributed by atoms with E-state index in [0.717, 1.165) is 0 Å². The molecule has 0 aliphatic rings. The van der Waals surface area contributed by atoms with E-state index in [-0.39, 0.29) is 18.1 Å². The van der Waals surface area contributed by atoms with E-state index >= 15 is 0 Å². The van der Waals surface area contributed by atoms with Crippen LogP contribution in [0.4, 0.5) is 11.4 Å². The van der Waals surface area contributed by atoms with Gasteiger partial charge in [-0.3, -0.25) is 14.9 Å². The van der Waals surface area contributed by atoms with E-state index in [1.54, 1.807) is 38.3 Å². The maximum Gasteiger partial charge on any atom is 0.309 e. The molecule has 0 fully saturated rings. The van der Waals surface area contributed by atoms with E-state index in [0.29, 0.717) is 17.9 Å². The van der Waals surface area contributed by atoms with E-state index in [1.807, 2.05) is 0 Å². The van der Waals surface area contributed by atoms with Crippen LogP contribution in [0.2, 0.25) is 0 Å². The van der Waals surface area contributed by atoms with Crippen LogP contribution in [0.1, 0.15) is 18.9 Å². The van der Waals surface area contributed by atoms with Crippen molar-refractivity contribution >= 4 is 23.4 Å². The number of ether oxygens (including phenoxy) is 1. The maximum atomic E-state index is 11.1. The van der Waals surface area contributed by atoms with Crippen LogP contribution in [-0.2, 0) is 9.53 Å². The summed E-state index contributed by atoms with van der Waals surface area (Å²) in [6.45, 7) is 2.08. The van der Waals surface area contributed by atoms with Crippen LogP contribution in [0, 0.1) is 10.1 Å². The number of nitrogens with zero attached hydrogens (tertiary/aromatic N) is 1. The van der Waals surface area contributed by atoms with Crippen LogP contribution in [0.15, 0.2) is 24.3 Å². The van der Waals surface area contributed by atoms with Gasteiger partial charge in [0.15, 0.2) is 0 Å². The molecule has 0 aliphatic heterocycles. The molecule has 0 amide bonds. The molecule has 0 bridgehead atoms. The van der Waals surface area contributed by atoms with E-state index in [2.05, 4.69) is 5.32 Å². The summed E-state index contributed by atoms with van der Waals surface area (Å²) in [6, 6.07) is 4.82. The third-order valence-corrected chi connectivity index (χ3v) is 2.39. The number of nitro benzene ring substituents is 1. The summed E-state index contributed by atoms with van der Waals surface area (Å²) in [5, 5.41) is 13.6. The summed E-state index contributed by atoms with van der Waals surface area (Å²) in [4.78, 5) is 21.5. The molecular formula is C13H16N2O4. The van der Waals surface area contributed by atoms with Crippen LogP contribution in [-0.4, -0.2) is 24.5 Å². The van der Waals surface area contributed by atoms with Crippen LogP contribution >= 0.6 is 0 Å². The Morgan fingerprint density at radius 1 is 1.53 bits per heavy atom. The van der Waals surface area contributed by atoms with Crippen molar-refractivity contribution in [3.05, 3.63) is 40.0 Å². The Morgan fingerprint density at radius 2 is 2.26 bits per heavy atom. The topological polar surface area (TPSA) is 81.5 Å². The molecule has 6 nitrogen and oxygen atoms in total. The summed E-state index contributed by atoms with van der Waals surface area (Å²) in [5.41, 5.74) is 1.11. The molecule has 1 rings (SSSR count). The van der Waals surface area contributed by atoms with Crippen molar-refractivity contribution in [3.63, 3.8) is 0 Å². The number of hydrogen-bond acceptors (Lipinski definition) is 5. The van der Waals surface area contributed by atoms with E-state index in [1.165, 1.54) is 6.07 Å². The summed E-state index contributed by atoms with van der Waals surface area (Å²) < 4.78 is 4.77. The van der Waals surface area contributed by atoms with Gasteiger partial charge in [-0.2, -0.15) is 0 Å². The van der Waals surface area contributed by atoms with Gasteiger partial charge in [-0.25, -0.2) is 0 Å². The Hall–Kier alpha value is -2.37. The smallest absolute Gasteiger partial charge is 0.309 e. The minimum atomic E-state index is -0.450. The molecule has 6 heteroatoms. The molecule has 0 heterocycles. The predicted octanol–water partition coefficient (Wildman–Crippen LogP) is 2.60. The molecule has 0 atom stereocenters. The molecule has 0 spiro atoms. The Morgan fingerprint density at radius 3 is 2.84 bits per heavy atom. The lowest BCUT2D eigenvalue weighted by Gasteiger charge is -2.02. The SMILES string of the molecule is CCOC(=O)CC=Cc1ccc(NC)c([N+](=O)[O-])c1. The number of carbonyl (C=O) groups excluding carboxylic acids is 1. The average molecular weight is 264 g/mol. The number of carbonyl (C=O) groups is 1. The highest BCUT2D eigenvalue weighted by atomic mass is 16.6. The molecule has 0 aromatic heterocycles. The van der Waals surface area contributed by atoms with Crippen LogP contribution in [0.3, 0.4) is 0 Å². The Balaban J connectivity index is 2.79. The third-order valence-electron chi connectivity index (χ3n) is 2.39. The first-order chi connectivity index (χ1) is 9.08. The summed E-state index contributed by atoms with van der Waals surface area (Å²) >= 11 is 0.